The monoisotopic (exact) mass is 392 g/mol. The van der Waals surface area contributed by atoms with E-state index in [1.165, 1.54) is 10.5 Å². The standard InChI is InChI=1S/C18H28N6O2S/c1-14(2)24(15(3)4)27(25,26)17-5-6-18(20-11-17)22-9-7-16(8-10-22)23-13-19-12-21-23/h5-6,11-16H,7-10H2,1-4H3. The molecule has 0 unspecified atom stereocenters. The Kier molecular flexibility index (Phi) is 5.81. The summed E-state index contributed by atoms with van der Waals surface area (Å²) in [5.74, 6) is 0.812. The summed E-state index contributed by atoms with van der Waals surface area (Å²) in [6.45, 7) is 9.26. The number of aromatic nitrogens is 4. The van der Waals surface area contributed by atoms with Gasteiger partial charge >= 0.3 is 0 Å². The summed E-state index contributed by atoms with van der Waals surface area (Å²) in [5, 5.41) is 4.22. The van der Waals surface area contributed by atoms with Crippen LogP contribution >= 0.6 is 0 Å². The molecule has 2 aromatic rings. The molecule has 3 rings (SSSR count). The quantitative estimate of drug-likeness (QED) is 0.750. The predicted octanol–water partition coefficient (Wildman–Crippen LogP) is 2.32. The SMILES string of the molecule is CC(C)N(C(C)C)S(=O)(=O)c1ccc(N2CCC(n3cncn3)CC2)nc1. The van der Waals surface area contributed by atoms with Crippen molar-refractivity contribution in [3.05, 3.63) is 31.0 Å². The van der Waals surface area contributed by atoms with E-state index in [4.69, 9.17) is 0 Å². The highest BCUT2D eigenvalue weighted by Gasteiger charge is 2.30. The molecule has 3 heterocycles. The van der Waals surface area contributed by atoms with Gasteiger partial charge in [0.25, 0.3) is 0 Å². The molecule has 148 valence electrons. The van der Waals surface area contributed by atoms with Crippen LogP contribution in [0, 0.1) is 0 Å². The van der Waals surface area contributed by atoms with E-state index in [0.717, 1.165) is 31.7 Å². The van der Waals surface area contributed by atoms with Crippen LogP contribution in [0.3, 0.4) is 0 Å². The van der Waals surface area contributed by atoms with Gasteiger partial charge in [-0.15, -0.1) is 0 Å². The third-order valence-electron chi connectivity index (χ3n) is 4.91. The van der Waals surface area contributed by atoms with Crippen molar-refractivity contribution in [1.82, 2.24) is 24.1 Å². The third kappa shape index (κ3) is 4.14. The molecule has 0 N–H and O–H groups in total. The number of hydrogen-bond donors (Lipinski definition) is 0. The normalized spacial score (nSPS) is 16.6. The summed E-state index contributed by atoms with van der Waals surface area (Å²) in [6.07, 6.45) is 6.71. The molecule has 2 aromatic heterocycles. The Bertz CT molecular complexity index is 817. The van der Waals surface area contributed by atoms with Gasteiger partial charge in [-0.2, -0.15) is 9.40 Å². The van der Waals surface area contributed by atoms with E-state index in [9.17, 15) is 8.42 Å². The van der Waals surface area contributed by atoms with Gasteiger partial charge < -0.3 is 4.90 Å². The van der Waals surface area contributed by atoms with Gasteiger partial charge in [-0.05, 0) is 52.7 Å². The zero-order valence-electron chi connectivity index (χ0n) is 16.4. The van der Waals surface area contributed by atoms with Crippen molar-refractivity contribution in [3.8, 4) is 0 Å². The summed E-state index contributed by atoms with van der Waals surface area (Å²) in [6, 6.07) is 3.62. The Morgan fingerprint density at radius 1 is 1.11 bits per heavy atom. The maximum atomic E-state index is 12.9. The topological polar surface area (TPSA) is 84.2 Å². The molecule has 1 aliphatic heterocycles. The maximum Gasteiger partial charge on any atom is 0.245 e. The van der Waals surface area contributed by atoms with Crippen LogP contribution in [-0.4, -0.2) is 57.6 Å². The third-order valence-corrected chi connectivity index (χ3v) is 7.15. The first-order valence-electron chi connectivity index (χ1n) is 9.39. The van der Waals surface area contributed by atoms with Crippen molar-refractivity contribution >= 4 is 15.8 Å². The number of sulfonamides is 1. The van der Waals surface area contributed by atoms with Gasteiger partial charge in [-0.1, -0.05) is 0 Å². The van der Waals surface area contributed by atoms with Crippen molar-refractivity contribution in [3.63, 3.8) is 0 Å². The fourth-order valence-electron chi connectivity index (χ4n) is 3.75. The number of pyridine rings is 1. The minimum absolute atomic E-state index is 0.106. The lowest BCUT2D eigenvalue weighted by molar-refractivity contribution is 0.302. The number of hydrogen-bond acceptors (Lipinski definition) is 6. The van der Waals surface area contributed by atoms with E-state index >= 15 is 0 Å². The second-order valence-electron chi connectivity index (χ2n) is 7.47. The Hall–Kier alpha value is -2.00. The largest absolute Gasteiger partial charge is 0.356 e. The first kappa shape index (κ1) is 19.8. The molecule has 9 heteroatoms. The first-order valence-corrected chi connectivity index (χ1v) is 10.8. The number of rotatable bonds is 6. The zero-order valence-corrected chi connectivity index (χ0v) is 17.2. The van der Waals surface area contributed by atoms with Crippen LogP contribution in [0.15, 0.2) is 35.9 Å². The highest BCUT2D eigenvalue weighted by Crippen LogP contribution is 2.26. The average Bonchev–Trinajstić information content (AvgIpc) is 3.15. The van der Waals surface area contributed by atoms with Gasteiger partial charge in [0.15, 0.2) is 0 Å². The molecule has 8 nitrogen and oxygen atoms in total. The second-order valence-corrected chi connectivity index (χ2v) is 9.31. The molecule has 1 fully saturated rings. The van der Waals surface area contributed by atoms with E-state index < -0.39 is 10.0 Å². The number of piperidine rings is 1. The van der Waals surface area contributed by atoms with Crippen LogP contribution in [0.1, 0.15) is 46.6 Å². The predicted molar refractivity (Wildman–Crippen MR) is 104 cm³/mol. The summed E-state index contributed by atoms with van der Waals surface area (Å²) < 4.78 is 29.3. The van der Waals surface area contributed by atoms with Gasteiger partial charge in [-0.3, -0.25) is 0 Å². The van der Waals surface area contributed by atoms with E-state index in [0.29, 0.717) is 6.04 Å². The average molecular weight is 393 g/mol. The first-order chi connectivity index (χ1) is 12.8. The number of anilines is 1. The lowest BCUT2D eigenvalue weighted by Gasteiger charge is -2.33. The van der Waals surface area contributed by atoms with Gasteiger partial charge in [-0.25, -0.2) is 23.1 Å². The van der Waals surface area contributed by atoms with Gasteiger partial charge in [0.2, 0.25) is 10.0 Å². The molecule has 0 aliphatic carbocycles. The van der Waals surface area contributed by atoms with Crippen molar-refractivity contribution in [1.29, 1.82) is 0 Å². The summed E-state index contributed by atoms with van der Waals surface area (Å²) in [5.41, 5.74) is 0. The molecule has 0 amide bonds. The Balaban J connectivity index is 1.70. The van der Waals surface area contributed by atoms with E-state index in [-0.39, 0.29) is 17.0 Å². The van der Waals surface area contributed by atoms with Crippen molar-refractivity contribution in [2.24, 2.45) is 0 Å². The van der Waals surface area contributed by atoms with Gasteiger partial charge in [0.05, 0.1) is 6.04 Å². The second kappa shape index (κ2) is 7.93. The molecule has 1 aliphatic rings. The molecule has 0 saturated carbocycles. The van der Waals surface area contributed by atoms with Crippen LogP contribution < -0.4 is 4.90 Å². The van der Waals surface area contributed by atoms with Crippen LogP contribution in [0.25, 0.3) is 0 Å². The Morgan fingerprint density at radius 3 is 2.26 bits per heavy atom. The van der Waals surface area contributed by atoms with Crippen molar-refractivity contribution in [2.75, 3.05) is 18.0 Å². The number of nitrogens with zero attached hydrogens (tertiary/aromatic N) is 6. The summed E-state index contributed by atoms with van der Waals surface area (Å²) >= 11 is 0. The molecule has 0 spiro atoms. The van der Waals surface area contributed by atoms with Crippen LogP contribution in [0.2, 0.25) is 0 Å². The van der Waals surface area contributed by atoms with E-state index in [2.05, 4.69) is 20.0 Å². The smallest absolute Gasteiger partial charge is 0.245 e. The molecule has 0 aromatic carbocycles. The Morgan fingerprint density at radius 2 is 1.78 bits per heavy atom. The lowest BCUT2D eigenvalue weighted by atomic mass is 10.1. The molecule has 1 saturated heterocycles. The fourth-order valence-corrected chi connectivity index (χ4v) is 5.53. The molecular formula is C18H28N6O2S. The highest BCUT2D eigenvalue weighted by molar-refractivity contribution is 7.89. The zero-order chi connectivity index (χ0) is 19.6. The minimum Gasteiger partial charge on any atom is -0.356 e. The molecular weight excluding hydrogens is 364 g/mol. The fraction of sp³-hybridized carbons (Fsp3) is 0.611. The molecule has 0 bridgehead atoms. The van der Waals surface area contributed by atoms with Crippen LogP contribution in [-0.2, 0) is 10.0 Å². The summed E-state index contributed by atoms with van der Waals surface area (Å²) in [7, 11) is -3.55. The van der Waals surface area contributed by atoms with Gasteiger partial charge in [0.1, 0.15) is 23.4 Å². The van der Waals surface area contributed by atoms with Crippen molar-refractivity contribution in [2.45, 2.75) is 63.6 Å². The van der Waals surface area contributed by atoms with E-state index in [1.807, 2.05) is 38.4 Å². The van der Waals surface area contributed by atoms with Crippen LogP contribution in [0.5, 0.6) is 0 Å². The minimum atomic E-state index is -3.55. The lowest BCUT2D eigenvalue weighted by Crippen LogP contribution is -2.42. The Labute approximate surface area is 161 Å². The molecule has 0 radical (unpaired) electrons. The van der Waals surface area contributed by atoms with Crippen LogP contribution in [0.4, 0.5) is 5.82 Å². The summed E-state index contributed by atoms with van der Waals surface area (Å²) in [4.78, 5) is 10.9. The van der Waals surface area contributed by atoms with Gasteiger partial charge in [0, 0.05) is 31.4 Å². The molecule has 0 atom stereocenters. The van der Waals surface area contributed by atoms with E-state index in [1.54, 1.807) is 18.7 Å². The maximum absolute atomic E-state index is 12.9. The molecule has 27 heavy (non-hydrogen) atoms. The highest BCUT2D eigenvalue weighted by atomic mass is 32.2. The van der Waals surface area contributed by atoms with Crippen molar-refractivity contribution < 1.29 is 8.42 Å².